The molecule has 164 valence electrons. The molecular formula is C20H21Cl2N5O3S. The lowest BCUT2D eigenvalue weighted by Crippen LogP contribution is -2.43. The summed E-state index contributed by atoms with van der Waals surface area (Å²) in [4.78, 5) is 12.5. The highest BCUT2D eigenvalue weighted by Gasteiger charge is 2.34. The fraction of sp³-hybridized carbons (Fsp3) is 0.350. The molecular weight excluding hydrogens is 461 g/mol. The van der Waals surface area contributed by atoms with Crippen LogP contribution in [0.5, 0.6) is 0 Å². The highest BCUT2D eigenvalue weighted by Crippen LogP contribution is 2.33. The first-order valence-electron chi connectivity index (χ1n) is 9.88. The number of hydrogen-bond acceptors (Lipinski definition) is 5. The molecule has 1 fully saturated rings. The summed E-state index contributed by atoms with van der Waals surface area (Å²) >= 11 is 12.2. The summed E-state index contributed by atoms with van der Waals surface area (Å²) in [6.45, 7) is 0.899. The zero-order valence-electron chi connectivity index (χ0n) is 16.5. The van der Waals surface area contributed by atoms with Gasteiger partial charge in [-0.05, 0) is 37.1 Å². The molecule has 3 heterocycles. The number of sulfonamides is 1. The molecule has 1 N–H and O–H groups in total. The first kappa shape index (κ1) is 22.0. The van der Waals surface area contributed by atoms with Gasteiger partial charge >= 0.3 is 0 Å². The van der Waals surface area contributed by atoms with Crippen molar-refractivity contribution in [2.24, 2.45) is 5.92 Å². The van der Waals surface area contributed by atoms with Gasteiger partial charge in [-0.15, -0.1) is 10.2 Å². The number of nitrogens with zero attached hydrogens (tertiary/aromatic N) is 4. The Kier molecular flexibility index (Phi) is 6.47. The molecule has 0 bridgehead atoms. The van der Waals surface area contributed by atoms with Gasteiger partial charge in [-0.25, -0.2) is 8.42 Å². The van der Waals surface area contributed by atoms with Gasteiger partial charge in [0.05, 0.1) is 10.0 Å². The maximum atomic E-state index is 13.0. The smallest absolute Gasteiger partial charge is 0.246 e. The van der Waals surface area contributed by atoms with E-state index in [1.165, 1.54) is 16.4 Å². The van der Waals surface area contributed by atoms with Crippen LogP contribution >= 0.6 is 23.2 Å². The predicted molar refractivity (Wildman–Crippen MR) is 118 cm³/mol. The van der Waals surface area contributed by atoms with Crippen molar-refractivity contribution in [3.63, 3.8) is 0 Å². The van der Waals surface area contributed by atoms with Crippen LogP contribution in [0.3, 0.4) is 0 Å². The third-order valence-corrected chi connectivity index (χ3v) is 8.23. The van der Waals surface area contributed by atoms with Gasteiger partial charge in [-0.2, -0.15) is 4.31 Å². The topological polar surface area (TPSA) is 96.7 Å². The average molecular weight is 482 g/mol. The van der Waals surface area contributed by atoms with E-state index in [0.717, 1.165) is 11.5 Å². The highest BCUT2D eigenvalue weighted by atomic mass is 35.5. The summed E-state index contributed by atoms with van der Waals surface area (Å²) < 4.78 is 29.1. The van der Waals surface area contributed by atoms with Gasteiger partial charge < -0.3 is 5.32 Å². The predicted octanol–water partition coefficient (Wildman–Crippen LogP) is 2.80. The largest absolute Gasteiger partial charge is 0.355 e. The molecule has 4 rings (SSSR count). The number of nitrogens with one attached hydrogen (secondary N) is 1. The van der Waals surface area contributed by atoms with Crippen LogP contribution in [0.15, 0.2) is 47.5 Å². The molecule has 2 aromatic heterocycles. The molecule has 3 aromatic rings. The SMILES string of the molecule is O=C(NCCc1nnc2ccccn12)C1CCN(S(=O)(=O)c2c(Cl)cccc2Cl)CC1. The Labute approximate surface area is 190 Å². The second-order valence-corrected chi connectivity index (χ2v) is 10.0. The van der Waals surface area contributed by atoms with Gasteiger partial charge in [0, 0.05) is 38.2 Å². The van der Waals surface area contributed by atoms with Crippen LogP contribution in [0.25, 0.3) is 5.65 Å². The maximum absolute atomic E-state index is 13.0. The van der Waals surface area contributed by atoms with Crippen molar-refractivity contribution in [1.29, 1.82) is 0 Å². The van der Waals surface area contributed by atoms with E-state index in [0.29, 0.717) is 25.8 Å². The average Bonchev–Trinajstić information content (AvgIpc) is 3.17. The molecule has 1 aromatic carbocycles. The molecule has 0 aliphatic carbocycles. The Balaban J connectivity index is 1.32. The Morgan fingerprint density at radius 2 is 1.77 bits per heavy atom. The van der Waals surface area contributed by atoms with E-state index in [1.807, 2.05) is 28.8 Å². The number of amides is 1. The quantitative estimate of drug-likeness (QED) is 0.583. The summed E-state index contributed by atoms with van der Waals surface area (Å²) in [6.07, 6.45) is 3.30. The Morgan fingerprint density at radius 1 is 1.06 bits per heavy atom. The molecule has 11 heteroatoms. The zero-order valence-corrected chi connectivity index (χ0v) is 18.9. The van der Waals surface area contributed by atoms with Crippen LogP contribution in [0.2, 0.25) is 10.0 Å². The molecule has 1 amide bonds. The number of pyridine rings is 1. The normalized spacial score (nSPS) is 15.9. The Hall–Kier alpha value is -2.20. The summed E-state index contributed by atoms with van der Waals surface area (Å²) in [5.41, 5.74) is 0.760. The number of aromatic nitrogens is 3. The fourth-order valence-corrected chi connectivity index (χ4v) is 6.28. The number of fused-ring (bicyclic) bond motifs is 1. The number of carbonyl (C=O) groups excluding carboxylic acids is 1. The molecule has 0 saturated carbocycles. The second kappa shape index (κ2) is 9.12. The fourth-order valence-electron chi connectivity index (χ4n) is 3.72. The number of rotatable bonds is 6. The zero-order chi connectivity index (χ0) is 22.0. The number of carbonyl (C=O) groups is 1. The van der Waals surface area contributed by atoms with Crippen LogP contribution in [0.4, 0.5) is 0 Å². The van der Waals surface area contributed by atoms with Crippen LogP contribution in [-0.2, 0) is 21.2 Å². The summed E-state index contributed by atoms with van der Waals surface area (Å²) in [6, 6.07) is 10.3. The van der Waals surface area contributed by atoms with Gasteiger partial charge in [-0.1, -0.05) is 35.3 Å². The van der Waals surface area contributed by atoms with Crippen molar-refractivity contribution in [2.75, 3.05) is 19.6 Å². The summed E-state index contributed by atoms with van der Waals surface area (Å²) in [5.74, 6) is 0.443. The third-order valence-electron chi connectivity index (χ3n) is 5.37. The van der Waals surface area contributed by atoms with Crippen LogP contribution in [0.1, 0.15) is 18.7 Å². The van der Waals surface area contributed by atoms with Crippen molar-refractivity contribution < 1.29 is 13.2 Å². The van der Waals surface area contributed by atoms with Crippen LogP contribution in [0, 0.1) is 5.92 Å². The number of benzene rings is 1. The minimum atomic E-state index is -3.82. The van der Waals surface area contributed by atoms with Gasteiger partial charge in [-0.3, -0.25) is 9.20 Å². The molecule has 1 aliphatic heterocycles. The molecule has 1 aliphatic rings. The van der Waals surface area contributed by atoms with Crippen LogP contribution < -0.4 is 5.32 Å². The first-order valence-corrected chi connectivity index (χ1v) is 12.1. The van der Waals surface area contributed by atoms with Crippen molar-refractivity contribution in [1.82, 2.24) is 24.2 Å². The minimum absolute atomic E-state index is 0.0817. The number of piperidine rings is 1. The van der Waals surface area contributed by atoms with Crippen molar-refractivity contribution in [2.45, 2.75) is 24.2 Å². The second-order valence-electron chi connectivity index (χ2n) is 7.32. The maximum Gasteiger partial charge on any atom is 0.246 e. The highest BCUT2D eigenvalue weighted by molar-refractivity contribution is 7.89. The van der Waals surface area contributed by atoms with Crippen LogP contribution in [-0.4, -0.2) is 52.9 Å². The molecule has 0 spiro atoms. The monoisotopic (exact) mass is 481 g/mol. The minimum Gasteiger partial charge on any atom is -0.355 e. The molecule has 8 nitrogen and oxygen atoms in total. The molecule has 31 heavy (non-hydrogen) atoms. The van der Waals surface area contributed by atoms with Gasteiger partial charge in [0.1, 0.15) is 10.7 Å². The van der Waals surface area contributed by atoms with E-state index in [9.17, 15) is 13.2 Å². The molecule has 1 saturated heterocycles. The van der Waals surface area contributed by atoms with E-state index in [-0.39, 0.29) is 39.9 Å². The van der Waals surface area contributed by atoms with Crippen molar-refractivity contribution in [3.8, 4) is 0 Å². The lowest BCUT2D eigenvalue weighted by Gasteiger charge is -2.31. The standard InChI is InChI=1S/C20H21Cl2N5O3S/c21-15-4-3-5-16(22)19(15)31(29,30)26-12-8-14(9-13-26)20(28)23-10-7-18-25-24-17-6-1-2-11-27(17)18/h1-6,11,14H,7-10,12-13H2,(H,23,28). The summed E-state index contributed by atoms with van der Waals surface area (Å²) in [5, 5.41) is 11.4. The third kappa shape index (κ3) is 4.55. The summed E-state index contributed by atoms with van der Waals surface area (Å²) in [7, 11) is -3.82. The van der Waals surface area contributed by atoms with E-state index in [4.69, 9.17) is 23.2 Å². The van der Waals surface area contributed by atoms with E-state index < -0.39 is 10.0 Å². The lowest BCUT2D eigenvalue weighted by molar-refractivity contribution is -0.126. The van der Waals surface area contributed by atoms with Gasteiger partial charge in [0.15, 0.2) is 5.65 Å². The van der Waals surface area contributed by atoms with Gasteiger partial charge in [0.2, 0.25) is 15.9 Å². The lowest BCUT2D eigenvalue weighted by atomic mass is 9.97. The van der Waals surface area contributed by atoms with E-state index >= 15 is 0 Å². The first-order chi connectivity index (χ1) is 14.9. The number of halogens is 2. The molecule has 0 radical (unpaired) electrons. The number of hydrogen-bond donors (Lipinski definition) is 1. The van der Waals surface area contributed by atoms with Crippen molar-refractivity contribution in [3.05, 3.63) is 58.5 Å². The van der Waals surface area contributed by atoms with Gasteiger partial charge in [0.25, 0.3) is 0 Å². The molecule has 0 unspecified atom stereocenters. The Bertz CT molecular complexity index is 1190. The van der Waals surface area contributed by atoms with Crippen molar-refractivity contribution >= 4 is 44.8 Å². The van der Waals surface area contributed by atoms with E-state index in [1.54, 1.807) is 6.07 Å². The van der Waals surface area contributed by atoms with E-state index in [2.05, 4.69) is 15.5 Å². The Morgan fingerprint density at radius 3 is 2.48 bits per heavy atom. The molecule has 0 atom stereocenters.